The molecule has 0 atom stereocenters. The lowest BCUT2D eigenvalue weighted by atomic mass is 10.2. The summed E-state index contributed by atoms with van der Waals surface area (Å²) < 4.78 is 5.19. The second-order valence-electron chi connectivity index (χ2n) is 8.40. The molecule has 2 aromatic carbocycles. The third-order valence-electron chi connectivity index (χ3n) is 5.20. The van der Waals surface area contributed by atoms with Gasteiger partial charge in [-0.3, -0.25) is 15.0 Å². The first kappa shape index (κ1) is 26.2. The number of halogens is 1. The van der Waals surface area contributed by atoms with Crippen molar-refractivity contribution in [3.05, 3.63) is 47.7 Å². The Morgan fingerprint density at radius 2 is 1.77 bits per heavy atom. The van der Waals surface area contributed by atoms with E-state index in [9.17, 15) is 9.59 Å². The van der Waals surface area contributed by atoms with Crippen molar-refractivity contribution >= 4 is 57.4 Å². The van der Waals surface area contributed by atoms with E-state index in [1.54, 1.807) is 36.4 Å². The molecule has 0 aliphatic heterocycles. The fourth-order valence-electron chi connectivity index (χ4n) is 3.30. The van der Waals surface area contributed by atoms with Crippen molar-refractivity contribution in [2.24, 2.45) is 5.92 Å². The Labute approximate surface area is 210 Å². The van der Waals surface area contributed by atoms with E-state index < -0.39 is 6.09 Å². The predicted molar refractivity (Wildman–Crippen MR) is 140 cm³/mol. The number of anilines is 4. The number of carbonyl (C=O) groups excluding carboxylic acids is 2. The lowest BCUT2D eigenvalue weighted by Crippen LogP contribution is -2.32. The molecule has 3 aromatic rings. The summed E-state index contributed by atoms with van der Waals surface area (Å²) >= 11 is 6.43. The lowest BCUT2D eigenvalue weighted by Gasteiger charge is -2.18. The number of hydrogen-bond acceptors (Lipinski definition) is 7. The van der Waals surface area contributed by atoms with Crippen molar-refractivity contribution in [2.75, 3.05) is 42.2 Å². The van der Waals surface area contributed by atoms with Gasteiger partial charge in [0.25, 0.3) is 0 Å². The topological polar surface area (TPSA) is 108 Å². The molecule has 0 spiro atoms. The maximum absolute atomic E-state index is 12.3. The number of benzene rings is 2. The smallest absolute Gasteiger partial charge is 0.411 e. The highest BCUT2D eigenvalue weighted by molar-refractivity contribution is 6.34. The summed E-state index contributed by atoms with van der Waals surface area (Å²) in [5.74, 6) is 0.670. The molecule has 3 N–H and O–H groups in total. The molecule has 1 heterocycles. The van der Waals surface area contributed by atoms with Crippen LogP contribution in [0.5, 0.6) is 0 Å². The van der Waals surface area contributed by atoms with E-state index in [1.807, 2.05) is 32.6 Å². The largest absolute Gasteiger partial charge is 0.449 e. The third kappa shape index (κ3) is 7.53. The van der Waals surface area contributed by atoms with Crippen LogP contribution in [0.4, 0.5) is 27.7 Å². The Hall–Kier alpha value is -3.43. The first-order valence-corrected chi connectivity index (χ1v) is 11.9. The number of nitrogens with one attached hydrogen (secondary N) is 3. The quantitative estimate of drug-likeness (QED) is 0.338. The summed E-state index contributed by atoms with van der Waals surface area (Å²) in [7, 11) is 0. The van der Waals surface area contributed by atoms with Gasteiger partial charge >= 0.3 is 6.09 Å². The minimum Gasteiger partial charge on any atom is -0.449 e. The van der Waals surface area contributed by atoms with Crippen LogP contribution in [-0.4, -0.2) is 53.1 Å². The highest BCUT2D eigenvalue weighted by atomic mass is 35.5. The molecule has 0 saturated heterocycles. The molecular formula is C25H31ClN6O3. The Morgan fingerprint density at radius 3 is 2.46 bits per heavy atom. The maximum Gasteiger partial charge on any atom is 0.411 e. The lowest BCUT2D eigenvalue weighted by molar-refractivity contribution is -0.117. The SMILES string of the molecule is CCN(CC)CC(=O)Nc1ccc(Nc2ncnc3ccc(NC(=O)OCC(C)C)cc23)cc1Cl. The van der Waals surface area contributed by atoms with E-state index in [2.05, 4.69) is 25.9 Å². The van der Waals surface area contributed by atoms with Crippen molar-refractivity contribution in [3.63, 3.8) is 0 Å². The fraction of sp³-hybridized carbons (Fsp3) is 0.360. The van der Waals surface area contributed by atoms with E-state index in [-0.39, 0.29) is 11.8 Å². The van der Waals surface area contributed by atoms with Gasteiger partial charge in [-0.1, -0.05) is 39.3 Å². The molecule has 35 heavy (non-hydrogen) atoms. The van der Waals surface area contributed by atoms with Crippen LogP contribution in [0.3, 0.4) is 0 Å². The number of carbonyl (C=O) groups is 2. The molecule has 3 rings (SSSR count). The van der Waals surface area contributed by atoms with Crippen LogP contribution < -0.4 is 16.0 Å². The standard InChI is InChI=1S/C25H31ClN6O3/c1-5-32(6-2)13-23(33)31-22-10-8-18(12-20(22)26)29-24-19-11-17(7-9-21(19)27-15-28-24)30-25(34)35-14-16(3)4/h7-12,15-16H,5-6,13-14H2,1-4H3,(H,30,34)(H,31,33)(H,27,28,29). The molecule has 0 bridgehead atoms. The van der Waals surface area contributed by atoms with Crippen molar-refractivity contribution < 1.29 is 14.3 Å². The van der Waals surface area contributed by atoms with Gasteiger partial charge in [-0.05, 0) is 55.4 Å². The highest BCUT2D eigenvalue weighted by Gasteiger charge is 2.12. The average Bonchev–Trinajstić information content (AvgIpc) is 2.83. The number of hydrogen-bond donors (Lipinski definition) is 3. The summed E-state index contributed by atoms with van der Waals surface area (Å²) in [5, 5.41) is 9.93. The number of fused-ring (bicyclic) bond motifs is 1. The van der Waals surface area contributed by atoms with E-state index in [0.717, 1.165) is 13.1 Å². The van der Waals surface area contributed by atoms with Gasteiger partial charge in [-0.2, -0.15) is 0 Å². The summed E-state index contributed by atoms with van der Waals surface area (Å²) in [5.41, 5.74) is 2.49. The normalized spacial score (nSPS) is 11.1. The minimum atomic E-state index is -0.519. The Morgan fingerprint density at radius 1 is 1.03 bits per heavy atom. The van der Waals surface area contributed by atoms with E-state index in [4.69, 9.17) is 16.3 Å². The Balaban J connectivity index is 1.74. The molecule has 10 heteroatoms. The molecule has 1 aromatic heterocycles. The molecular weight excluding hydrogens is 468 g/mol. The first-order chi connectivity index (χ1) is 16.8. The van der Waals surface area contributed by atoms with Crippen molar-refractivity contribution in [1.82, 2.24) is 14.9 Å². The first-order valence-electron chi connectivity index (χ1n) is 11.6. The van der Waals surface area contributed by atoms with Gasteiger partial charge in [0.05, 0.1) is 29.4 Å². The summed E-state index contributed by atoms with van der Waals surface area (Å²) in [6.07, 6.45) is 0.938. The number of likely N-dealkylation sites (N-methyl/N-ethyl adjacent to an activating group) is 1. The van der Waals surface area contributed by atoms with Crippen molar-refractivity contribution in [2.45, 2.75) is 27.7 Å². The minimum absolute atomic E-state index is 0.120. The third-order valence-corrected chi connectivity index (χ3v) is 5.51. The van der Waals surface area contributed by atoms with Gasteiger partial charge in [0.15, 0.2) is 0 Å². The highest BCUT2D eigenvalue weighted by Crippen LogP contribution is 2.30. The monoisotopic (exact) mass is 498 g/mol. The molecule has 9 nitrogen and oxygen atoms in total. The molecule has 0 saturated carbocycles. The Kier molecular flexibility index (Phi) is 9.22. The number of rotatable bonds is 10. The van der Waals surface area contributed by atoms with Gasteiger partial charge in [0.2, 0.25) is 5.91 Å². The van der Waals surface area contributed by atoms with Crippen LogP contribution in [0.2, 0.25) is 5.02 Å². The van der Waals surface area contributed by atoms with Crippen LogP contribution in [0.25, 0.3) is 10.9 Å². The van der Waals surface area contributed by atoms with E-state index >= 15 is 0 Å². The van der Waals surface area contributed by atoms with Gasteiger partial charge in [-0.25, -0.2) is 14.8 Å². The summed E-state index contributed by atoms with van der Waals surface area (Å²) in [4.78, 5) is 35.0. The molecule has 0 unspecified atom stereocenters. The molecule has 0 fully saturated rings. The second kappa shape index (κ2) is 12.3. The zero-order chi connectivity index (χ0) is 25.4. The van der Waals surface area contributed by atoms with Crippen molar-refractivity contribution in [1.29, 1.82) is 0 Å². The van der Waals surface area contributed by atoms with E-state index in [0.29, 0.717) is 52.0 Å². The molecule has 0 aliphatic carbocycles. The van der Waals surface area contributed by atoms with Crippen LogP contribution >= 0.6 is 11.6 Å². The number of aromatic nitrogens is 2. The van der Waals surface area contributed by atoms with Crippen LogP contribution in [0.15, 0.2) is 42.7 Å². The average molecular weight is 499 g/mol. The van der Waals surface area contributed by atoms with Crippen LogP contribution in [0, 0.1) is 5.92 Å². The van der Waals surface area contributed by atoms with Crippen LogP contribution in [-0.2, 0) is 9.53 Å². The zero-order valence-corrected chi connectivity index (χ0v) is 21.1. The predicted octanol–water partition coefficient (Wildman–Crippen LogP) is 5.51. The molecule has 186 valence electrons. The number of ether oxygens (including phenoxy) is 1. The zero-order valence-electron chi connectivity index (χ0n) is 20.4. The van der Waals surface area contributed by atoms with Gasteiger partial charge in [0.1, 0.15) is 12.1 Å². The Bertz CT molecular complexity index is 1180. The number of nitrogens with zero attached hydrogens (tertiary/aromatic N) is 3. The second-order valence-corrected chi connectivity index (χ2v) is 8.81. The summed E-state index contributed by atoms with van der Waals surface area (Å²) in [6, 6.07) is 10.6. The summed E-state index contributed by atoms with van der Waals surface area (Å²) in [6.45, 7) is 10.2. The van der Waals surface area contributed by atoms with Crippen LogP contribution in [0.1, 0.15) is 27.7 Å². The molecule has 0 radical (unpaired) electrons. The van der Waals surface area contributed by atoms with Crippen molar-refractivity contribution in [3.8, 4) is 0 Å². The fourth-order valence-corrected chi connectivity index (χ4v) is 3.53. The van der Waals surface area contributed by atoms with Gasteiger partial charge < -0.3 is 15.4 Å². The van der Waals surface area contributed by atoms with Gasteiger partial charge in [0, 0.05) is 16.8 Å². The van der Waals surface area contributed by atoms with Gasteiger partial charge in [-0.15, -0.1) is 0 Å². The maximum atomic E-state index is 12.3. The van der Waals surface area contributed by atoms with E-state index in [1.165, 1.54) is 6.33 Å². The molecule has 0 aliphatic rings. The number of amides is 2. The molecule has 2 amide bonds.